The van der Waals surface area contributed by atoms with Crippen molar-refractivity contribution in [3.8, 4) is 5.88 Å². The quantitative estimate of drug-likeness (QED) is 0.905. The molecule has 0 unspecified atom stereocenters. The number of halogens is 2. The zero-order valence-corrected chi connectivity index (χ0v) is 9.78. The molecule has 0 bridgehead atoms. The molecule has 0 aliphatic carbocycles. The lowest BCUT2D eigenvalue weighted by Crippen LogP contribution is -2.02. The molecule has 0 saturated heterocycles. The highest BCUT2D eigenvalue weighted by molar-refractivity contribution is 5.38. The van der Waals surface area contributed by atoms with Crippen molar-refractivity contribution in [2.75, 3.05) is 12.4 Å². The lowest BCUT2D eigenvalue weighted by Gasteiger charge is -2.07. The Morgan fingerprint density at radius 1 is 1.17 bits per heavy atom. The second kappa shape index (κ2) is 5.44. The van der Waals surface area contributed by atoms with Crippen LogP contribution in [0.15, 0.2) is 36.4 Å². The van der Waals surface area contributed by atoms with Gasteiger partial charge in [-0.15, -0.1) is 0 Å². The minimum absolute atomic E-state index is 0.358. The minimum Gasteiger partial charge on any atom is -0.481 e. The van der Waals surface area contributed by atoms with Gasteiger partial charge in [0.15, 0.2) is 11.6 Å². The molecule has 1 heterocycles. The van der Waals surface area contributed by atoms with Crippen LogP contribution in [0.1, 0.15) is 5.56 Å². The van der Waals surface area contributed by atoms with Crippen LogP contribution in [0, 0.1) is 11.6 Å². The second-order valence-corrected chi connectivity index (χ2v) is 3.67. The Balaban J connectivity index is 2.04. The number of nitrogens with zero attached hydrogens (tertiary/aromatic N) is 1. The zero-order chi connectivity index (χ0) is 13.0. The van der Waals surface area contributed by atoms with Crippen molar-refractivity contribution in [2.24, 2.45) is 0 Å². The Hall–Kier alpha value is -2.17. The van der Waals surface area contributed by atoms with E-state index in [2.05, 4.69) is 10.3 Å². The fraction of sp³-hybridized carbons (Fsp3) is 0.154. The third kappa shape index (κ3) is 2.94. The van der Waals surface area contributed by atoms with E-state index < -0.39 is 11.6 Å². The fourth-order valence-electron chi connectivity index (χ4n) is 1.47. The summed E-state index contributed by atoms with van der Waals surface area (Å²) in [6, 6.07) is 9.06. The number of anilines is 1. The van der Waals surface area contributed by atoms with Gasteiger partial charge in [-0.2, -0.15) is 4.98 Å². The minimum atomic E-state index is -0.854. The summed E-state index contributed by atoms with van der Waals surface area (Å²) in [5.74, 6) is -0.601. The molecule has 0 saturated carbocycles. The van der Waals surface area contributed by atoms with E-state index in [1.165, 1.54) is 13.2 Å². The molecule has 2 rings (SSSR count). The van der Waals surface area contributed by atoms with Crippen molar-refractivity contribution < 1.29 is 13.5 Å². The van der Waals surface area contributed by atoms with Crippen molar-refractivity contribution in [1.82, 2.24) is 4.98 Å². The van der Waals surface area contributed by atoms with Crippen LogP contribution in [0.25, 0.3) is 0 Å². The van der Waals surface area contributed by atoms with Gasteiger partial charge in [0, 0.05) is 12.6 Å². The molecule has 2 aromatic rings. The number of ether oxygens (including phenoxy) is 1. The third-order valence-corrected chi connectivity index (χ3v) is 2.39. The van der Waals surface area contributed by atoms with Gasteiger partial charge in [0.2, 0.25) is 5.88 Å². The molecule has 5 heteroatoms. The van der Waals surface area contributed by atoms with Crippen molar-refractivity contribution in [3.05, 3.63) is 53.6 Å². The van der Waals surface area contributed by atoms with Crippen LogP contribution in [0.5, 0.6) is 5.88 Å². The van der Waals surface area contributed by atoms with Gasteiger partial charge >= 0.3 is 0 Å². The van der Waals surface area contributed by atoms with E-state index in [0.29, 0.717) is 23.8 Å². The highest BCUT2D eigenvalue weighted by Crippen LogP contribution is 2.13. The third-order valence-electron chi connectivity index (χ3n) is 2.39. The first-order valence-corrected chi connectivity index (χ1v) is 5.38. The number of rotatable bonds is 4. The molecule has 0 aliphatic heterocycles. The molecular weight excluding hydrogens is 238 g/mol. The molecule has 0 aliphatic rings. The summed E-state index contributed by atoms with van der Waals surface area (Å²) in [4.78, 5) is 4.15. The van der Waals surface area contributed by atoms with Crippen LogP contribution >= 0.6 is 0 Å². The van der Waals surface area contributed by atoms with Gasteiger partial charge in [0.1, 0.15) is 5.82 Å². The van der Waals surface area contributed by atoms with E-state index in [0.717, 1.165) is 12.1 Å². The first kappa shape index (κ1) is 12.3. The summed E-state index contributed by atoms with van der Waals surface area (Å²) in [6.45, 7) is 0.358. The average molecular weight is 250 g/mol. The molecule has 0 spiro atoms. The van der Waals surface area contributed by atoms with Gasteiger partial charge in [-0.25, -0.2) is 8.78 Å². The van der Waals surface area contributed by atoms with E-state index in [9.17, 15) is 8.78 Å². The van der Waals surface area contributed by atoms with Gasteiger partial charge in [0.25, 0.3) is 0 Å². The van der Waals surface area contributed by atoms with Crippen LogP contribution < -0.4 is 10.1 Å². The van der Waals surface area contributed by atoms with Gasteiger partial charge in [-0.3, -0.25) is 0 Å². The first-order chi connectivity index (χ1) is 8.69. The Morgan fingerprint density at radius 2 is 2.00 bits per heavy atom. The van der Waals surface area contributed by atoms with Crippen LogP contribution in [0.4, 0.5) is 14.6 Å². The predicted molar refractivity (Wildman–Crippen MR) is 64.5 cm³/mol. The van der Waals surface area contributed by atoms with E-state index in [1.807, 2.05) is 0 Å². The van der Waals surface area contributed by atoms with Gasteiger partial charge in [-0.1, -0.05) is 12.1 Å². The fourth-order valence-corrected chi connectivity index (χ4v) is 1.47. The number of hydrogen-bond acceptors (Lipinski definition) is 3. The molecule has 0 radical (unpaired) electrons. The summed E-state index contributed by atoms with van der Waals surface area (Å²) < 4.78 is 30.7. The number of hydrogen-bond donors (Lipinski definition) is 1. The lowest BCUT2D eigenvalue weighted by molar-refractivity contribution is 0.398. The topological polar surface area (TPSA) is 34.1 Å². The molecule has 1 N–H and O–H groups in total. The van der Waals surface area contributed by atoms with Crippen LogP contribution in [-0.4, -0.2) is 12.1 Å². The Labute approximate surface area is 103 Å². The normalized spacial score (nSPS) is 10.2. The highest BCUT2D eigenvalue weighted by atomic mass is 19.2. The summed E-state index contributed by atoms with van der Waals surface area (Å²) >= 11 is 0. The van der Waals surface area contributed by atoms with E-state index in [-0.39, 0.29) is 0 Å². The van der Waals surface area contributed by atoms with Crippen molar-refractivity contribution >= 4 is 5.82 Å². The molecule has 94 valence electrons. The predicted octanol–water partition coefficient (Wildman–Crippen LogP) is 2.98. The number of nitrogens with one attached hydrogen (secondary N) is 1. The largest absolute Gasteiger partial charge is 0.481 e. The summed E-state index contributed by atoms with van der Waals surface area (Å²) in [5.41, 5.74) is 0.638. The standard InChI is InChI=1S/C13H12F2N2O/c1-18-13-4-2-3-12(17-13)16-8-9-5-6-10(14)11(15)7-9/h2-7H,8H2,1H3,(H,16,17). The zero-order valence-electron chi connectivity index (χ0n) is 9.78. The van der Waals surface area contributed by atoms with Crippen molar-refractivity contribution in [1.29, 1.82) is 0 Å². The maximum Gasteiger partial charge on any atom is 0.214 e. The molecular formula is C13H12F2N2O. The highest BCUT2D eigenvalue weighted by Gasteiger charge is 2.03. The Kier molecular flexibility index (Phi) is 3.72. The average Bonchev–Trinajstić information content (AvgIpc) is 2.40. The maximum absolute atomic E-state index is 13.0. The molecule has 0 fully saturated rings. The summed E-state index contributed by atoms with van der Waals surface area (Å²) in [7, 11) is 1.53. The van der Waals surface area contributed by atoms with Crippen LogP contribution in [0.3, 0.4) is 0 Å². The van der Waals surface area contributed by atoms with Crippen LogP contribution in [-0.2, 0) is 6.54 Å². The van der Waals surface area contributed by atoms with Gasteiger partial charge in [0.05, 0.1) is 7.11 Å². The van der Waals surface area contributed by atoms with Crippen LogP contribution in [0.2, 0.25) is 0 Å². The molecule has 1 aromatic carbocycles. The Morgan fingerprint density at radius 3 is 2.72 bits per heavy atom. The number of pyridine rings is 1. The molecule has 1 aromatic heterocycles. The molecule has 0 atom stereocenters. The monoisotopic (exact) mass is 250 g/mol. The van der Waals surface area contributed by atoms with Gasteiger partial charge < -0.3 is 10.1 Å². The molecule has 0 amide bonds. The summed E-state index contributed by atoms with van der Waals surface area (Å²) in [6.07, 6.45) is 0. The number of benzene rings is 1. The van der Waals surface area contributed by atoms with Gasteiger partial charge in [-0.05, 0) is 23.8 Å². The van der Waals surface area contributed by atoms with E-state index in [1.54, 1.807) is 18.2 Å². The van der Waals surface area contributed by atoms with Crippen molar-refractivity contribution in [3.63, 3.8) is 0 Å². The van der Waals surface area contributed by atoms with Crippen molar-refractivity contribution in [2.45, 2.75) is 6.54 Å². The smallest absolute Gasteiger partial charge is 0.214 e. The SMILES string of the molecule is COc1cccc(NCc2ccc(F)c(F)c2)n1. The first-order valence-electron chi connectivity index (χ1n) is 5.38. The molecule has 18 heavy (non-hydrogen) atoms. The number of methoxy groups -OCH3 is 1. The van der Waals surface area contributed by atoms with E-state index >= 15 is 0 Å². The maximum atomic E-state index is 13.0. The lowest BCUT2D eigenvalue weighted by atomic mass is 10.2. The van der Waals surface area contributed by atoms with E-state index in [4.69, 9.17) is 4.74 Å². The molecule has 3 nitrogen and oxygen atoms in total. The second-order valence-electron chi connectivity index (χ2n) is 3.67. The number of aromatic nitrogens is 1. The summed E-state index contributed by atoms with van der Waals surface area (Å²) in [5, 5.41) is 3.00. The Bertz CT molecular complexity index is 546.